The highest BCUT2D eigenvalue weighted by Crippen LogP contribution is 2.30. The zero-order valence-electron chi connectivity index (χ0n) is 14.5. The minimum absolute atomic E-state index is 0.0118. The first-order valence-electron chi connectivity index (χ1n) is 7.78. The molecule has 7 nitrogen and oxygen atoms in total. The zero-order valence-corrected chi connectivity index (χ0v) is 14.5. The van der Waals surface area contributed by atoms with E-state index < -0.39 is 23.2 Å². The lowest BCUT2D eigenvalue weighted by Crippen LogP contribution is -2.32. The molecule has 10 heteroatoms. The van der Waals surface area contributed by atoms with Crippen LogP contribution in [0.3, 0.4) is 0 Å². The van der Waals surface area contributed by atoms with Crippen molar-refractivity contribution in [3.05, 3.63) is 45.6 Å². The van der Waals surface area contributed by atoms with Gasteiger partial charge in [0.15, 0.2) is 5.75 Å². The first-order chi connectivity index (χ1) is 12.1. The van der Waals surface area contributed by atoms with E-state index in [0.717, 1.165) is 16.8 Å². The van der Waals surface area contributed by atoms with Gasteiger partial charge in [-0.05, 0) is 18.9 Å². The van der Waals surface area contributed by atoms with E-state index in [2.05, 4.69) is 15.4 Å². The summed E-state index contributed by atoms with van der Waals surface area (Å²) in [6.07, 6.45) is -3.23. The van der Waals surface area contributed by atoms with Gasteiger partial charge in [0.2, 0.25) is 5.43 Å². The standard InChI is InChI=1S/C16H19F3N4O3/c1-9(8-23-14(16(17,18)19)4-10(2)22-23)6-21-15(25)11-5-12(24)13(26-3)7-20-11/h4-5,7,9H,6,8H2,1-3H3,(H,20,24)(H,21,25)/t9-/m0/s1. The van der Waals surface area contributed by atoms with E-state index in [1.54, 1.807) is 6.92 Å². The van der Waals surface area contributed by atoms with E-state index in [1.165, 1.54) is 20.2 Å². The Kier molecular flexibility index (Phi) is 5.73. The Balaban J connectivity index is 1.99. The van der Waals surface area contributed by atoms with Crippen LogP contribution in [0.1, 0.15) is 28.8 Å². The Bertz CT molecular complexity index is 842. The normalized spacial score (nSPS) is 12.7. The lowest BCUT2D eigenvalue weighted by atomic mass is 10.1. The molecule has 2 aromatic rings. The van der Waals surface area contributed by atoms with Gasteiger partial charge in [0, 0.05) is 25.4 Å². The summed E-state index contributed by atoms with van der Waals surface area (Å²) in [6.45, 7) is 3.28. The van der Waals surface area contributed by atoms with Gasteiger partial charge in [-0.25, -0.2) is 0 Å². The number of ether oxygens (including phenoxy) is 1. The number of pyridine rings is 1. The van der Waals surface area contributed by atoms with Crippen molar-refractivity contribution in [1.82, 2.24) is 20.1 Å². The minimum atomic E-state index is -4.49. The zero-order chi connectivity index (χ0) is 19.5. The van der Waals surface area contributed by atoms with Crippen molar-refractivity contribution in [2.75, 3.05) is 13.7 Å². The molecule has 0 aliphatic rings. The number of carbonyl (C=O) groups is 1. The Morgan fingerprint density at radius 2 is 2.12 bits per heavy atom. The molecule has 0 aromatic carbocycles. The molecule has 26 heavy (non-hydrogen) atoms. The summed E-state index contributed by atoms with van der Waals surface area (Å²) in [5, 5.41) is 6.43. The maximum atomic E-state index is 13.0. The second kappa shape index (κ2) is 7.63. The van der Waals surface area contributed by atoms with E-state index in [1.807, 2.05) is 0 Å². The average Bonchev–Trinajstić information content (AvgIpc) is 2.93. The smallest absolute Gasteiger partial charge is 0.433 e. The number of rotatable bonds is 6. The monoisotopic (exact) mass is 372 g/mol. The third kappa shape index (κ3) is 4.64. The molecule has 2 rings (SSSR count). The van der Waals surface area contributed by atoms with Crippen LogP contribution in [0, 0.1) is 12.8 Å². The lowest BCUT2D eigenvalue weighted by Gasteiger charge is -2.16. The molecule has 0 saturated heterocycles. The van der Waals surface area contributed by atoms with Crippen molar-refractivity contribution in [2.45, 2.75) is 26.6 Å². The highest BCUT2D eigenvalue weighted by molar-refractivity contribution is 5.92. The number of H-pyrrole nitrogens is 1. The van der Waals surface area contributed by atoms with Gasteiger partial charge in [0.05, 0.1) is 12.8 Å². The third-order valence-electron chi connectivity index (χ3n) is 3.63. The van der Waals surface area contributed by atoms with Crippen molar-refractivity contribution >= 4 is 5.91 Å². The fourth-order valence-corrected chi connectivity index (χ4v) is 2.38. The number of carbonyl (C=O) groups excluding carboxylic acids is 1. The molecule has 2 heterocycles. The molecule has 0 fully saturated rings. The average molecular weight is 372 g/mol. The van der Waals surface area contributed by atoms with Gasteiger partial charge < -0.3 is 15.0 Å². The molecule has 1 atom stereocenters. The van der Waals surface area contributed by atoms with Crippen LogP contribution in [0.4, 0.5) is 13.2 Å². The van der Waals surface area contributed by atoms with E-state index in [-0.39, 0.29) is 36.1 Å². The first-order valence-corrected chi connectivity index (χ1v) is 7.78. The summed E-state index contributed by atoms with van der Waals surface area (Å²) < 4.78 is 44.6. The van der Waals surface area contributed by atoms with Crippen LogP contribution in [-0.2, 0) is 12.7 Å². The van der Waals surface area contributed by atoms with Gasteiger partial charge in [-0.3, -0.25) is 14.3 Å². The molecular formula is C16H19F3N4O3. The predicted octanol–water partition coefficient (Wildman–Crippen LogP) is 1.97. The highest BCUT2D eigenvalue weighted by Gasteiger charge is 2.35. The topological polar surface area (TPSA) is 89.0 Å². The van der Waals surface area contributed by atoms with Gasteiger partial charge in [0.1, 0.15) is 11.4 Å². The number of hydrogen-bond donors (Lipinski definition) is 2. The number of aromatic nitrogens is 3. The SMILES string of the molecule is COc1c[nH]c(C(=O)NC[C@H](C)Cn2nc(C)cc2C(F)(F)F)cc1=O. The number of aromatic amines is 1. The Morgan fingerprint density at radius 1 is 1.42 bits per heavy atom. The molecule has 142 valence electrons. The molecule has 0 radical (unpaired) electrons. The number of nitrogens with zero attached hydrogens (tertiary/aromatic N) is 2. The van der Waals surface area contributed by atoms with Gasteiger partial charge in [-0.1, -0.05) is 6.92 Å². The lowest BCUT2D eigenvalue weighted by molar-refractivity contribution is -0.144. The molecule has 1 amide bonds. The maximum absolute atomic E-state index is 13.0. The summed E-state index contributed by atoms with van der Waals surface area (Å²) >= 11 is 0. The molecule has 2 N–H and O–H groups in total. The van der Waals surface area contributed by atoms with Crippen LogP contribution in [0.25, 0.3) is 0 Å². The minimum Gasteiger partial charge on any atom is -0.491 e. The van der Waals surface area contributed by atoms with E-state index >= 15 is 0 Å². The number of alkyl halides is 3. The summed E-state index contributed by atoms with van der Waals surface area (Å²) in [4.78, 5) is 26.3. The first kappa shape index (κ1) is 19.5. The number of hydrogen-bond acceptors (Lipinski definition) is 4. The fraction of sp³-hybridized carbons (Fsp3) is 0.438. The molecular weight excluding hydrogens is 353 g/mol. The molecule has 0 aliphatic carbocycles. The number of nitrogens with one attached hydrogen (secondary N) is 2. The highest BCUT2D eigenvalue weighted by atomic mass is 19.4. The Morgan fingerprint density at radius 3 is 2.69 bits per heavy atom. The van der Waals surface area contributed by atoms with Crippen LogP contribution in [0.15, 0.2) is 23.1 Å². The molecule has 0 bridgehead atoms. The van der Waals surface area contributed by atoms with Gasteiger partial charge >= 0.3 is 6.18 Å². The van der Waals surface area contributed by atoms with E-state index in [4.69, 9.17) is 4.74 Å². The number of amides is 1. The van der Waals surface area contributed by atoms with Crippen molar-refractivity contribution in [3.8, 4) is 5.75 Å². The fourth-order valence-electron chi connectivity index (χ4n) is 2.38. The number of aryl methyl sites for hydroxylation is 1. The van der Waals surface area contributed by atoms with Crippen LogP contribution < -0.4 is 15.5 Å². The maximum Gasteiger partial charge on any atom is 0.433 e. The molecule has 2 aromatic heterocycles. The van der Waals surface area contributed by atoms with Crippen LogP contribution in [0.5, 0.6) is 5.75 Å². The molecule has 0 unspecified atom stereocenters. The number of methoxy groups -OCH3 is 1. The quantitative estimate of drug-likeness (QED) is 0.811. The van der Waals surface area contributed by atoms with Gasteiger partial charge in [0.25, 0.3) is 5.91 Å². The third-order valence-corrected chi connectivity index (χ3v) is 3.63. The largest absolute Gasteiger partial charge is 0.491 e. The van der Waals surface area contributed by atoms with Crippen molar-refractivity contribution in [3.63, 3.8) is 0 Å². The number of halogens is 3. The summed E-state index contributed by atoms with van der Waals surface area (Å²) in [6, 6.07) is 2.07. The second-order valence-corrected chi connectivity index (χ2v) is 5.95. The Hall–Kier alpha value is -2.78. The van der Waals surface area contributed by atoms with Crippen LogP contribution >= 0.6 is 0 Å². The molecule has 0 spiro atoms. The van der Waals surface area contributed by atoms with Crippen LogP contribution in [-0.4, -0.2) is 34.3 Å². The van der Waals surface area contributed by atoms with E-state index in [9.17, 15) is 22.8 Å². The predicted molar refractivity (Wildman–Crippen MR) is 87.1 cm³/mol. The van der Waals surface area contributed by atoms with Crippen molar-refractivity contribution in [1.29, 1.82) is 0 Å². The molecule has 0 aliphatic heterocycles. The molecule has 0 saturated carbocycles. The van der Waals surface area contributed by atoms with Crippen molar-refractivity contribution in [2.24, 2.45) is 5.92 Å². The van der Waals surface area contributed by atoms with Crippen molar-refractivity contribution < 1.29 is 22.7 Å². The van der Waals surface area contributed by atoms with Crippen LogP contribution in [0.2, 0.25) is 0 Å². The summed E-state index contributed by atoms with van der Waals surface area (Å²) in [5.41, 5.74) is -0.975. The summed E-state index contributed by atoms with van der Waals surface area (Å²) in [7, 11) is 1.33. The summed E-state index contributed by atoms with van der Waals surface area (Å²) in [5.74, 6) is -0.780. The van der Waals surface area contributed by atoms with E-state index in [0.29, 0.717) is 0 Å². The van der Waals surface area contributed by atoms with Gasteiger partial charge in [-0.2, -0.15) is 18.3 Å². The second-order valence-electron chi connectivity index (χ2n) is 5.95. The van der Waals surface area contributed by atoms with Gasteiger partial charge in [-0.15, -0.1) is 0 Å². The Labute approximate surface area is 147 Å².